The van der Waals surface area contributed by atoms with Crippen LogP contribution in [0.1, 0.15) is 41.8 Å². The van der Waals surface area contributed by atoms with Crippen molar-refractivity contribution < 1.29 is 0 Å². The van der Waals surface area contributed by atoms with Crippen molar-refractivity contribution >= 4 is 16.5 Å². The van der Waals surface area contributed by atoms with Crippen molar-refractivity contribution in [1.82, 2.24) is 15.3 Å². The third kappa shape index (κ3) is 3.60. The molecule has 1 aliphatic carbocycles. The summed E-state index contributed by atoms with van der Waals surface area (Å²) in [4.78, 5) is 12.6. The predicted octanol–water partition coefficient (Wildman–Crippen LogP) is 3.16. The molecule has 1 aliphatic rings. The zero-order valence-electron chi connectivity index (χ0n) is 12.7. The van der Waals surface area contributed by atoms with Gasteiger partial charge < -0.3 is 10.2 Å². The first-order chi connectivity index (χ1) is 10.3. The maximum absolute atomic E-state index is 4.91. The summed E-state index contributed by atoms with van der Waals surface area (Å²) in [7, 11) is 2.12. The van der Waals surface area contributed by atoms with Crippen LogP contribution in [-0.2, 0) is 13.1 Å². The van der Waals surface area contributed by atoms with Crippen molar-refractivity contribution in [3.8, 4) is 0 Å². The van der Waals surface area contributed by atoms with Crippen molar-refractivity contribution in [2.24, 2.45) is 0 Å². The Morgan fingerprint density at radius 2 is 2.10 bits per heavy atom. The van der Waals surface area contributed by atoms with Crippen LogP contribution in [0.15, 0.2) is 24.5 Å². The second-order valence-electron chi connectivity index (χ2n) is 5.57. The quantitative estimate of drug-likeness (QED) is 0.853. The van der Waals surface area contributed by atoms with E-state index >= 15 is 0 Å². The Hall–Kier alpha value is -1.46. The van der Waals surface area contributed by atoms with Crippen molar-refractivity contribution in [2.75, 3.05) is 18.5 Å². The average molecular weight is 302 g/mol. The largest absolute Gasteiger partial charge is 0.347 e. The fourth-order valence-corrected chi connectivity index (χ4v) is 3.46. The monoisotopic (exact) mass is 302 g/mol. The molecule has 5 heteroatoms. The fraction of sp³-hybridized carbons (Fsp3) is 0.500. The van der Waals surface area contributed by atoms with Crippen LogP contribution >= 0.6 is 11.3 Å². The summed E-state index contributed by atoms with van der Waals surface area (Å²) in [5.74, 6) is 0.706. The number of nitrogens with zero attached hydrogens (tertiary/aromatic N) is 3. The number of thiazole rings is 1. The van der Waals surface area contributed by atoms with Gasteiger partial charge in [0.1, 0.15) is 0 Å². The molecule has 1 fully saturated rings. The highest BCUT2D eigenvalue weighted by atomic mass is 32.1. The molecule has 2 aromatic rings. The number of pyridine rings is 1. The van der Waals surface area contributed by atoms with Gasteiger partial charge in [0.05, 0.1) is 5.69 Å². The van der Waals surface area contributed by atoms with E-state index in [1.807, 2.05) is 23.7 Å². The van der Waals surface area contributed by atoms with Gasteiger partial charge in [-0.05, 0) is 37.1 Å². The van der Waals surface area contributed by atoms with E-state index in [0.29, 0.717) is 5.92 Å². The Morgan fingerprint density at radius 3 is 2.76 bits per heavy atom. The molecule has 0 spiro atoms. The summed E-state index contributed by atoms with van der Waals surface area (Å²) in [5.41, 5.74) is 2.60. The maximum atomic E-state index is 4.91. The summed E-state index contributed by atoms with van der Waals surface area (Å²) in [6, 6.07) is 4.12. The van der Waals surface area contributed by atoms with Gasteiger partial charge in [-0.25, -0.2) is 4.98 Å². The van der Waals surface area contributed by atoms with E-state index in [1.54, 1.807) is 0 Å². The van der Waals surface area contributed by atoms with Crippen molar-refractivity contribution in [3.63, 3.8) is 0 Å². The average Bonchev–Trinajstić information content (AvgIpc) is 3.26. The summed E-state index contributed by atoms with van der Waals surface area (Å²) in [5, 5.41) is 4.56. The molecule has 3 rings (SSSR count). The van der Waals surface area contributed by atoms with E-state index in [9.17, 15) is 0 Å². The number of rotatable bonds is 7. The predicted molar refractivity (Wildman–Crippen MR) is 87.8 cm³/mol. The molecule has 1 saturated carbocycles. The topological polar surface area (TPSA) is 41.0 Å². The molecule has 0 aromatic carbocycles. The molecule has 0 amide bonds. The van der Waals surface area contributed by atoms with E-state index in [1.165, 1.54) is 29.0 Å². The first kappa shape index (κ1) is 14.5. The third-order valence-corrected chi connectivity index (χ3v) is 4.90. The van der Waals surface area contributed by atoms with Crippen molar-refractivity contribution in [1.29, 1.82) is 0 Å². The molecular formula is C16H22N4S. The van der Waals surface area contributed by atoms with E-state index in [-0.39, 0.29) is 0 Å². The molecular weight excluding hydrogens is 280 g/mol. The maximum Gasteiger partial charge on any atom is 0.185 e. The highest BCUT2D eigenvalue weighted by Crippen LogP contribution is 2.44. The van der Waals surface area contributed by atoms with Gasteiger partial charge in [0.15, 0.2) is 5.13 Å². The van der Waals surface area contributed by atoms with Gasteiger partial charge in [0.25, 0.3) is 0 Å². The number of aromatic nitrogens is 2. The Morgan fingerprint density at radius 1 is 1.33 bits per heavy atom. The zero-order valence-corrected chi connectivity index (χ0v) is 13.5. The molecule has 0 aliphatic heterocycles. The Kier molecular flexibility index (Phi) is 4.51. The first-order valence-electron chi connectivity index (χ1n) is 7.58. The molecule has 21 heavy (non-hydrogen) atoms. The van der Waals surface area contributed by atoms with Gasteiger partial charge in [0, 0.05) is 43.3 Å². The minimum atomic E-state index is 0.706. The minimum absolute atomic E-state index is 0.706. The van der Waals surface area contributed by atoms with E-state index in [4.69, 9.17) is 4.98 Å². The van der Waals surface area contributed by atoms with Crippen LogP contribution in [0.2, 0.25) is 0 Å². The summed E-state index contributed by atoms with van der Waals surface area (Å²) in [6.07, 6.45) is 6.29. The summed E-state index contributed by atoms with van der Waals surface area (Å²) in [6.45, 7) is 4.97. The second kappa shape index (κ2) is 6.54. The highest BCUT2D eigenvalue weighted by Gasteiger charge is 2.30. The summed E-state index contributed by atoms with van der Waals surface area (Å²) >= 11 is 1.83. The van der Waals surface area contributed by atoms with Crippen LogP contribution in [0.5, 0.6) is 0 Å². The van der Waals surface area contributed by atoms with Gasteiger partial charge in [-0.3, -0.25) is 4.98 Å². The fourth-order valence-electron chi connectivity index (χ4n) is 2.38. The highest BCUT2D eigenvalue weighted by molar-refractivity contribution is 7.15. The molecule has 0 bridgehead atoms. The van der Waals surface area contributed by atoms with E-state index in [0.717, 1.165) is 24.8 Å². The molecule has 112 valence electrons. The normalized spacial score (nSPS) is 14.4. The second-order valence-corrected chi connectivity index (χ2v) is 6.63. The van der Waals surface area contributed by atoms with Gasteiger partial charge in [-0.1, -0.05) is 6.92 Å². The molecule has 4 nitrogen and oxygen atoms in total. The molecule has 1 N–H and O–H groups in total. The van der Waals surface area contributed by atoms with Gasteiger partial charge in [0.2, 0.25) is 0 Å². The lowest BCUT2D eigenvalue weighted by atomic mass is 10.2. The standard InChI is InChI=1S/C16H22N4S/c1-3-17-10-14-15(13-4-5-13)19-16(21-14)20(2)11-12-6-8-18-9-7-12/h6-9,13,17H,3-5,10-11H2,1-2H3. The SMILES string of the molecule is CCNCc1sc(N(C)Cc2ccncc2)nc1C1CC1. The minimum Gasteiger partial charge on any atom is -0.347 e. The third-order valence-electron chi connectivity index (χ3n) is 3.71. The van der Waals surface area contributed by atoms with Crippen molar-refractivity contribution in [2.45, 2.75) is 38.8 Å². The van der Waals surface area contributed by atoms with Crippen LogP contribution in [0.3, 0.4) is 0 Å². The lowest BCUT2D eigenvalue weighted by Gasteiger charge is -2.15. The first-order valence-corrected chi connectivity index (χ1v) is 8.40. The van der Waals surface area contributed by atoms with Crippen molar-refractivity contribution in [3.05, 3.63) is 40.7 Å². The van der Waals surface area contributed by atoms with Gasteiger partial charge in [-0.2, -0.15) is 0 Å². The van der Waals surface area contributed by atoms with Gasteiger partial charge in [-0.15, -0.1) is 11.3 Å². The zero-order chi connectivity index (χ0) is 14.7. The molecule has 2 aromatic heterocycles. The van der Waals surface area contributed by atoms with Crippen LogP contribution in [-0.4, -0.2) is 23.6 Å². The molecule has 2 heterocycles. The molecule has 0 atom stereocenters. The van der Waals surface area contributed by atoms with Crippen LogP contribution in [0.25, 0.3) is 0 Å². The number of hydrogen-bond donors (Lipinski definition) is 1. The van der Waals surface area contributed by atoms with Crippen LogP contribution in [0, 0.1) is 0 Å². The lowest BCUT2D eigenvalue weighted by Crippen LogP contribution is -2.16. The number of hydrogen-bond acceptors (Lipinski definition) is 5. The summed E-state index contributed by atoms with van der Waals surface area (Å²) < 4.78 is 0. The smallest absolute Gasteiger partial charge is 0.185 e. The van der Waals surface area contributed by atoms with Gasteiger partial charge >= 0.3 is 0 Å². The van der Waals surface area contributed by atoms with Crippen LogP contribution < -0.4 is 10.2 Å². The van der Waals surface area contributed by atoms with E-state index in [2.05, 4.69) is 41.3 Å². The number of anilines is 1. The molecule has 0 radical (unpaired) electrons. The Balaban J connectivity index is 1.74. The Bertz CT molecular complexity index is 577. The van der Waals surface area contributed by atoms with Crippen LogP contribution in [0.4, 0.5) is 5.13 Å². The Labute approximate surface area is 130 Å². The van der Waals surface area contributed by atoms with E-state index < -0.39 is 0 Å². The molecule has 0 unspecified atom stereocenters. The lowest BCUT2D eigenvalue weighted by molar-refractivity contribution is 0.726. The number of nitrogens with one attached hydrogen (secondary N) is 1. The molecule has 0 saturated heterocycles.